The molecule has 3 unspecified atom stereocenters. The van der Waals surface area contributed by atoms with Gasteiger partial charge in [0.05, 0.1) is 29.7 Å². The first-order valence-electron chi connectivity index (χ1n) is 9.08. The molecule has 1 aliphatic carbocycles. The molecule has 0 amide bonds. The third-order valence-corrected chi connectivity index (χ3v) is 5.34. The van der Waals surface area contributed by atoms with Gasteiger partial charge >= 0.3 is 0 Å². The molecule has 2 heterocycles. The van der Waals surface area contributed by atoms with E-state index in [1.165, 1.54) is 12.1 Å². The second-order valence-corrected chi connectivity index (χ2v) is 7.57. The molecule has 1 fully saturated rings. The molecule has 3 atom stereocenters. The second-order valence-electron chi connectivity index (χ2n) is 7.14. The molecule has 0 bridgehead atoms. The van der Waals surface area contributed by atoms with Gasteiger partial charge in [0.1, 0.15) is 11.9 Å². The molecule has 28 heavy (non-hydrogen) atoms. The molecule has 0 radical (unpaired) electrons. The summed E-state index contributed by atoms with van der Waals surface area (Å²) in [5, 5.41) is 17.5. The van der Waals surface area contributed by atoms with Gasteiger partial charge in [-0.1, -0.05) is 23.7 Å². The SMILES string of the molecule is CC1CC(c2ccc(Cl)cc2)=NN1C1C(=O)C(=Cc2ccc(F)cn2)CC1O. The summed E-state index contributed by atoms with van der Waals surface area (Å²) < 4.78 is 13.0. The van der Waals surface area contributed by atoms with Crippen molar-refractivity contribution in [2.24, 2.45) is 5.10 Å². The number of Topliss-reactive ketones (excluding diaryl/α,β-unsaturated/α-hetero) is 1. The summed E-state index contributed by atoms with van der Waals surface area (Å²) in [6.07, 6.45) is 2.75. The van der Waals surface area contributed by atoms with Crippen LogP contribution in [-0.2, 0) is 4.79 Å². The Morgan fingerprint density at radius 2 is 1.96 bits per heavy atom. The summed E-state index contributed by atoms with van der Waals surface area (Å²) in [7, 11) is 0. The summed E-state index contributed by atoms with van der Waals surface area (Å²) in [4.78, 5) is 16.9. The average Bonchev–Trinajstić information content (AvgIpc) is 3.17. The maximum atomic E-state index is 13.0. The summed E-state index contributed by atoms with van der Waals surface area (Å²) in [5.74, 6) is -0.612. The van der Waals surface area contributed by atoms with E-state index in [1.54, 1.807) is 23.2 Å². The van der Waals surface area contributed by atoms with Crippen molar-refractivity contribution < 1.29 is 14.3 Å². The minimum atomic E-state index is -0.852. The van der Waals surface area contributed by atoms with Crippen LogP contribution in [-0.4, -0.2) is 44.8 Å². The fraction of sp³-hybridized carbons (Fsp3) is 0.286. The van der Waals surface area contributed by atoms with Crippen LogP contribution < -0.4 is 0 Å². The number of carbonyl (C=O) groups excluding carboxylic acids is 1. The van der Waals surface area contributed by atoms with E-state index in [1.807, 2.05) is 19.1 Å². The Morgan fingerprint density at radius 1 is 1.21 bits per heavy atom. The lowest BCUT2D eigenvalue weighted by Gasteiger charge is -2.27. The number of pyridine rings is 1. The van der Waals surface area contributed by atoms with Gasteiger partial charge in [0.15, 0.2) is 5.78 Å². The molecule has 2 aliphatic rings. The van der Waals surface area contributed by atoms with Crippen molar-refractivity contribution in [1.82, 2.24) is 9.99 Å². The molecular weight excluding hydrogens is 381 g/mol. The topological polar surface area (TPSA) is 65.8 Å². The van der Waals surface area contributed by atoms with Gasteiger partial charge in [-0.2, -0.15) is 5.10 Å². The van der Waals surface area contributed by atoms with E-state index in [0.717, 1.165) is 17.5 Å². The lowest BCUT2D eigenvalue weighted by molar-refractivity contribution is -0.121. The van der Waals surface area contributed by atoms with Gasteiger partial charge in [-0.3, -0.25) is 14.8 Å². The van der Waals surface area contributed by atoms with Crippen LogP contribution in [0.15, 0.2) is 53.3 Å². The second kappa shape index (κ2) is 7.45. The van der Waals surface area contributed by atoms with Crippen LogP contribution in [0.1, 0.15) is 31.0 Å². The molecule has 144 valence electrons. The number of carbonyl (C=O) groups is 1. The quantitative estimate of drug-likeness (QED) is 0.803. The van der Waals surface area contributed by atoms with Crippen molar-refractivity contribution >= 4 is 29.2 Å². The highest BCUT2D eigenvalue weighted by Gasteiger charge is 2.44. The molecule has 4 rings (SSSR count). The normalized spacial score (nSPS) is 26.2. The van der Waals surface area contributed by atoms with Crippen molar-refractivity contribution in [3.05, 3.63) is 70.3 Å². The molecule has 1 N–H and O–H groups in total. The Morgan fingerprint density at radius 3 is 2.64 bits per heavy atom. The Kier molecular flexibility index (Phi) is 5.00. The molecule has 2 aromatic rings. The van der Waals surface area contributed by atoms with E-state index >= 15 is 0 Å². The third-order valence-electron chi connectivity index (χ3n) is 5.09. The Hall–Kier alpha value is -2.57. The van der Waals surface area contributed by atoms with E-state index in [0.29, 0.717) is 22.7 Å². The number of rotatable bonds is 3. The van der Waals surface area contributed by atoms with Crippen LogP contribution >= 0.6 is 11.6 Å². The molecule has 1 aromatic heterocycles. The summed E-state index contributed by atoms with van der Waals surface area (Å²) in [6, 6.07) is 9.45. The number of hydrazone groups is 1. The van der Waals surface area contributed by atoms with Gasteiger partial charge < -0.3 is 5.11 Å². The monoisotopic (exact) mass is 399 g/mol. The number of halogens is 2. The molecule has 0 spiro atoms. The van der Waals surface area contributed by atoms with Crippen LogP contribution in [0, 0.1) is 5.82 Å². The molecule has 1 aliphatic heterocycles. The number of benzene rings is 1. The van der Waals surface area contributed by atoms with Crippen LogP contribution in [0.2, 0.25) is 5.02 Å². The van der Waals surface area contributed by atoms with E-state index < -0.39 is 18.0 Å². The molecule has 5 nitrogen and oxygen atoms in total. The molecule has 1 saturated carbocycles. The van der Waals surface area contributed by atoms with E-state index in [4.69, 9.17) is 11.6 Å². The van der Waals surface area contributed by atoms with Gasteiger partial charge in [0.2, 0.25) is 0 Å². The molecule has 1 aromatic carbocycles. The number of ketones is 1. The number of hydrogen-bond acceptors (Lipinski definition) is 5. The lowest BCUT2D eigenvalue weighted by atomic mass is 10.0. The van der Waals surface area contributed by atoms with Gasteiger partial charge in [-0.15, -0.1) is 0 Å². The minimum Gasteiger partial charge on any atom is -0.390 e. The summed E-state index contributed by atoms with van der Waals surface area (Å²) in [6.45, 7) is 1.98. The standard InChI is InChI=1S/C21H19ClFN3O2/c1-12-8-18(13-2-4-15(22)5-3-13)25-26(12)20-19(27)10-14(21(20)28)9-17-7-6-16(23)11-24-17/h2-7,9,11-12,19-20,27H,8,10H2,1H3. The lowest BCUT2D eigenvalue weighted by Crippen LogP contribution is -2.44. The van der Waals surface area contributed by atoms with Crippen molar-refractivity contribution in [3.63, 3.8) is 0 Å². The van der Waals surface area contributed by atoms with Gasteiger partial charge in [0, 0.05) is 23.4 Å². The number of nitrogens with zero attached hydrogens (tertiary/aromatic N) is 3. The number of aliphatic hydroxyl groups excluding tert-OH is 1. The zero-order chi connectivity index (χ0) is 19.8. The van der Waals surface area contributed by atoms with Crippen molar-refractivity contribution in [2.75, 3.05) is 0 Å². The highest BCUT2D eigenvalue weighted by atomic mass is 35.5. The Labute approximate surface area is 167 Å². The van der Waals surface area contributed by atoms with Crippen molar-refractivity contribution in [3.8, 4) is 0 Å². The number of aliphatic hydroxyl groups is 1. The molecule has 0 saturated heterocycles. The Bertz CT molecular complexity index is 957. The van der Waals surface area contributed by atoms with E-state index in [9.17, 15) is 14.3 Å². The fourth-order valence-electron chi connectivity index (χ4n) is 3.69. The summed E-state index contributed by atoms with van der Waals surface area (Å²) in [5.41, 5.74) is 2.77. The zero-order valence-electron chi connectivity index (χ0n) is 15.2. The first-order chi connectivity index (χ1) is 13.4. The largest absolute Gasteiger partial charge is 0.390 e. The van der Waals surface area contributed by atoms with Gasteiger partial charge in [0.25, 0.3) is 0 Å². The van der Waals surface area contributed by atoms with E-state index in [-0.39, 0.29) is 18.2 Å². The third kappa shape index (κ3) is 3.57. The number of aromatic nitrogens is 1. The average molecular weight is 400 g/mol. The predicted molar refractivity (Wildman–Crippen MR) is 105 cm³/mol. The first-order valence-corrected chi connectivity index (χ1v) is 9.46. The Balaban J connectivity index is 1.59. The minimum absolute atomic E-state index is 0.0161. The molecule has 7 heteroatoms. The predicted octanol–water partition coefficient (Wildman–Crippen LogP) is 3.46. The molecular formula is C21H19ClFN3O2. The first kappa shape index (κ1) is 18.8. The van der Waals surface area contributed by atoms with Gasteiger partial charge in [-0.25, -0.2) is 4.39 Å². The highest BCUT2D eigenvalue weighted by Crippen LogP contribution is 2.32. The van der Waals surface area contributed by atoms with Crippen molar-refractivity contribution in [1.29, 1.82) is 0 Å². The van der Waals surface area contributed by atoms with Crippen molar-refractivity contribution in [2.45, 2.75) is 38.0 Å². The summed E-state index contributed by atoms with van der Waals surface area (Å²) >= 11 is 5.95. The maximum Gasteiger partial charge on any atom is 0.185 e. The van der Waals surface area contributed by atoms with Crippen LogP contribution in [0.3, 0.4) is 0 Å². The van der Waals surface area contributed by atoms with Crippen LogP contribution in [0.5, 0.6) is 0 Å². The highest BCUT2D eigenvalue weighted by molar-refractivity contribution is 6.30. The smallest absolute Gasteiger partial charge is 0.185 e. The van der Waals surface area contributed by atoms with E-state index in [2.05, 4.69) is 10.1 Å². The van der Waals surface area contributed by atoms with Gasteiger partial charge in [-0.05, 0) is 42.8 Å². The fourth-order valence-corrected chi connectivity index (χ4v) is 3.81. The number of hydrogen-bond donors (Lipinski definition) is 1. The maximum absolute atomic E-state index is 13.0. The van der Waals surface area contributed by atoms with Crippen LogP contribution in [0.25, 0.3) is 6.08 Å². The van der Waals surface area contributed by atoms with Crippen LogP contribution in [0.4, 0.5) is 4.39 Å². The zero-order valence-corrected chi connectivity index (χ0v) is 16.0.